The van der Waals surface area contributed by atoms with Crippen molar-refractivity contribution in [2.24, 2.45) is 0 Å². The normalized spacial score (nSPS) is 18.9. The Morgan fingerprint density at radius 3 is 2.50 bits per heavy atom. The average Bonchev–Trinajstić information content (AvgIpc) is 2.32. The fourth-order valence-corrected chi connectivity index (χ4v) is 2.08. The third-order valence-corrected chi connectivity index (χ3v) is 3.15. The number of rotatable bonds is 3. The molecule has 16 heavy (non-hydrogen) atoms. The zero-order valence-electron chi connectivity index (χ0n) is 9.82. The van der Waals surface area contributed by atoms with Crippen LogP contribution in [-0.2, 0) is 13.2 Å². The van der Waals surface area contributed by atoms with Crippen molar-refractivity contribution < 1.29 is 4.39 Å². The van der Waals surface area contributed by atoms with Gasteiger partial charge in [-0.3, -0.25) is 4.90 Å². The summed E-state index contributed by atoms with van der Waals surface area (Å²) in [6, 6.07) is 7.84. The van der Waals surface area contributed by atoms with Crippen LogP contribution in [0.4, 0.5) is 4.39 Å². The molecule has 3 heteroatoms. The van der Waals surface area contributed by atoms with Gasteiger partial charge in [0, 0.05) is 32.7 Å². The summed E-state index contributed by atoms with van der Waals surface area (Å²) >= 11 is 0. The maximum atomic E-state index is 12.5. The highest BCUT2D eigenvalue weighted by atomic mass is 19.1. The predicted octanol–water partition coefficient (Wildman–Crippen LogP) is 1.90. The summed E-state index contributed by atoms with van der Waals surface area (Å²) in [5.41, 5.74) is 2.01. The molecule has 1 aliphatic rings. The van der Waals surface area contributed by atoms with E-state index in [4.69, 9.17) is 0 Å². The molecule has 0 amide bonds. The van der Waals surface area contributed by atoms with Gasteiger partial charge in [-0.15, -0.1) is 0 Å². The summed E-state index contributed by atoms with van der Waals surface area (Å²) in [6.07, 6.45) is 0. The van der Waals surface area contributed by atoms with Crippen LogP contribution in [0, 0.1) is 0 Å². The van der Waals surface area contributed by atoms with Crippen LogP contribution in [0.15, 0.2) is 24.3 Å². The maximum Gasteiger partial charge on any atom is 0.115 e. The Morgan fingerprint density at radius 1 is 1.12 bits per heavy atom. The first kappa shape index (κ1) is 11.6. The Labute approximate surface area is 96.7 Å². The van der Waals surface area contributed by atoms with Gasteiger partial charge in [0.1, 0.15) is 6.67 Å². The van der Waals surface area contributed by atoms with Crippen molar-refractivity contribution in [2.45, 2.75) is 13.2 Å². The Bertz CT molecular complexity index is 332. The molecule has 1 aliphatic heterocycles. The van der Waals surface area contributed by atoms with Crippen LogP contribution in [-0.4, -0.2) is 43.0 Å². The SMILES string of the molecule is CN1CCN(Cc2cccc(CF)c2)CC1. The zero-order valence-corrected chi connectivity index (χ0v) is 9.82. The molecule has 0 N–H and O–H groups in total. The number of benzene rings is 1. The lowest BCUT2D eigenvalue weighted by Gasteiger charge is -2.32. The van der Waals surface area contributed by atoms with Gasteiger partial charge >= 0.3 is 0 Å². The van der Waals surface area contributed by atoms with Gasteiger partial charge in [0.25, 0.3) is 0 Å². The number of nitrogens with zero attached hydrogens (tertiary/aromatic N) is 2. The second kappa shape index (κ2) is 5.41. The maximum absolute atomic E-state index is 12.5. The summed E-state index contributed by atoms with van der Waals surface area (Å²) in [7, 11) is 2.15. The molecule has 2 nitrogen and oxygen atoms in total. The van der Waals surface area contributed by atoms with Crippen molar-refractivity contribution in [3.8, 4) is 0 Å². The predicted molar refractivity (Wildman–Crippen MR) is 64.0 cm³/mol. The molecule has 0 bridgehead atoms. The molecule has 1 saturated heterocycles. The fraction of sp³-hybridized carbons (Fsp3) is 0.538. The highest BCUT2D eigenvalue weighted by molar-refractivity contribution is 5.22. The van der Waals surface area contributed by atoms with E-state index in [-0.39, 0.29) is 6.67 Å². The van der Waals surface area contributed by atoms with Gasteiger partial charge in [-0.05, 0) is 18.2 Å². The molecule has 2 rings (SSSR count). The fourth-order valence-electron chi connectivity index (χ4n) is 2.08. The first-order valence-corrected chi connectivity index (χ1v) is 5.82. The van der Waals surface area contributed by atoms with E-state index in [1.54, 1.807) is 0 Å². The number of alkyl halides is 1. The summed E-state index contributed by atoms with van der Waals surface area (Å²) in [4.78, 5) is 4.77. The van der Waals surface area contributed by atoms with E-state index < -0.39 is 0 Å². The molecule has 88 valence electrons. The molecule has 1 heterocycles. The van der Waals surface area contributed by atoms with Crippen LogP contribution >= 0.6 is 0 Å². The van der Waals surface area contributed by atoms with Gasteiger partial charge in [-0.1, -0.05) is 24.3 Å². The molecule has 0 aliphatic carbocycles. The standard InChI is InChI=1S/C13H19FN2/c1-15-5-7-16(8-6-15)11-13-4-2-3-12(9-13)10-14/h2-4,9H,5-8,10-11H2,1H3. The van der Waals surface area contributed by atoms with Crippen molar-refractivity contribution in [3.05, 3.63) is 35.4 Å². The Hall–Kier alpha value is -0.930. The minimum atomic E-state index is -0.365. The van der Waals surface area contributed by atoms with Gasteiger partial charge in [0.05, 0.1) is 0 Å². The highest BCUT2D eigenvalue weighted by Crippen LogP contribution is 2.11. The van der Waals surface area contributed by atoms with Gasteiger partial charge in [-0.2, -0.15) is 0 Å². The average molecular weight is 222 g/mol. The lowest BCUT2D eigenvalue weighted by Crippen LogP contribution is -2.43. The Kier molecular flexibility index (Phi) is 3.91. The highest BCUT2D eigenvalue weighted by Gasteiger charge is 2.13. The number of piperazine rings is 1. The quantitative estimate of drug-likeness (QED) is 0.770. The molecule has 1 aromatic carbocycles. The van der Waals surface area contributed by atoms with Crippen molar-refractivity contribution in [3.63, 3.8) is 0 Å². The summed E-state index contributed by atoms with van der Waals surface area (Å²) in [5.74, 6) is 0. The second-order valence-corrected chi connectivity index (χ2v) is 4.53. The minimum absolute atomic E-state index is 0.365. The topological polar surface area (TPSA) is 6.48 Å². The second-order valence-electron chi connectivity index (χ2n) is 4.53. The first-order valence-electron chi connectivity index (χ1n) is 5.82. The molecule has 0 radical (unpaired) electrons. The summed E-state index contributed by atoms with van der Waals surface area (Å²) in [6.45, 7) is 5.05. The monoisotopic (exact) mass is 222 g/mol. The van der Waals surface area contributed by atoms with Crippen LogP contribution in [0.2, 0.25) is 0 Å². The molecule has 1 fully saturated rings. The number of hydrogen-bond acceptors (Lipinski definition) is 2. The van der Waals surface area contributed by atoms with Gasteiger partial charge in [0.2, 0.25) is 0 Å². The largest absolute Gasteiger partial charge is 0.304 e. The van der Waals surface area contributed by atoms with Crippen molar-refractivity contribution in [2.75, 3.05) is 33.2 Å². The van der Waals surface area contributed by atoms with Crippen LogP contribution in [0.3, 0.4) is 0 Å². The van der Waals surface area contributed by atoms with Crippen molar-refractivity contribution in [1.82, 2.24) is 9.80 Å². The van der Waals surface area contributed by atoms with Gasteiger partial charge < -0.3 is 4.90 Å². The van der Waals surface area contributed by atoms with E-state index in [0.29, 0.717) is 0 Å². The number of likely N-dealkylation sites (N-methyl/N-ethyl adjacent to an activating group) is 1. The molecule has 0 atom stereocenters. The third-order valence-electron chi connectivity index (χ3n) is 3.15. The Balaban J connectivity index is 1.93. The van der Waals surface area contributed by atoms with Crippen molar-refractivity contribution >= 4 is 0 Å². The lowest BCUT2D eigenvalue weighted by atomic mass is 10.1. The van der Waals surface area contributed by atoms with E-state index in [9.17, 15) is 4.39 Å². The molecule has 1 aromatic rings. The smallest absolute Gasteiger partial charge is 0.115 e. The molecular weight excluding hydrogens is 203 g/mol. The van der Waals surface area contributed by atoms with Gasteiger partial charge in [-0.25, -0.2) is 4.39 Å². The zero-order chi connectivity index (χ0) is 11.4. The van der Waals surface area contributed by atoms with Crippen molar-refractivity contribution in [1.29, 1.82) is 0 Å². The molecule has 0 aromatic heterocycles. The Morgan fingerprint density at radius 2 is 1.81 bits per heavy atom. The molecule has 0 unspecified atom stereocenters. The van der Waals surface area contributed by atoms with E-state index in [2.05, 4.69) is 22.9 Å². The molecular formula is C13H19FN2. The van der Waals surface area contributed by atoms with Crippen LogP contribution in [0.5, 0.6) is 0 Å². The van der Waals surface area contributed by atoms with Crippen LogP contribution < -0.4 is 0 Å². The summed E-state index contributed by atoms with van der Waals surface area (Å²) in [5, 5.41) is 0. The van der Waals surface area contributed by atoms with E-state index in [0.717, 1.165) is 38.3 Å². The number of hydrogen-bond donors (Lipinski definition) is 0. The van der Waals surface area contributed by atoms with Gasteiger partial charge in [0.15, 0.2) is 0 Å². The lowest BCUT2D eigenvalue weighted by molar-refractivity contribution is 0.148. The third kappa shape index (κ3) is 3.03. The molecule has 0 saturated carbocycles. The van der Waals surface area contributed by atoms with E-state index in [1.165, 1.54) is 5.56 Å². The minimum Gasteiger partial charge on any atom is -0.304 e. The number of halogens is 1. The van der Waals surface area contributed by atoms with Crippen LogP contribution in [0.25, 0.3) is 0 Å². The molecule has 0 spiro atoms. The first-order chi connectivity index (χ1) is 7.78. The van der Waals surface area contributed by atoms with E-state index in [1.807, 2.05) is 18.2 Å². The summed E-state index contributed by atoms with van der Waals surface area (Å²) < 4.78 is 12.5. The van der Waals surface area contributed by atoms with E-state index >= 15 is 0 Å². The van der Waals surface area contributed by atoms with Crippen LogP contribution in [0.1, 0.15) is 11.1 Å².